The Morgan fingerprint density at radius 3 is 2.75 bits per heavy atom. The smallest absolute Gasteiger partial charge is 0.254 e. The molecule has 0 aromatic heterocycles. The van der Waals surface area contributed by atoms with Gasteiger partial charge in [0.25, 0.3) is 5.91 Å². The van der Waals surface area contributed by atoms with Gasteiger partial charge in [-0.05, 0) is 18.6 Å². The third-order valence-corrected chi connectivity index (χ3v) is 2.22. The molecule has 1 amide bonds. The number of benzene rings is 1. The van der Waals surface area contributed by atoms with E-state index in [2.05, 4.69) is 5.32 Å². The molecule has 0 bridgehead atoms. The summed E-state index contributed by atoms with van der Waals surface area (Å²) in [6.07, 6.45) is 0.714. The standard InChI is InChI=1S/C11H14F2N2O/c1-2-8(14)6-15-11(16)9-4-3-7(12)5-10(9)13/h3-5,8H,2,6,14H2,1H3,(H,15,16). The van der Waals surface area contributed by atoms with Gasteiger partial charge < -0.3 is 11.1 Å². The predicted molar refractivity (Wildman–Crippen MR) is 57.0 cm³/mol. The van der Waals surface area contributed by atoms with Crippen molar-refractivity contribution in [2.24, 2.45) is 5.73 Å². The van der Waals surface area contributed by atoms with Crippen molar-refractivity contribution in [1.82, 2.24) is 5.32 Å². The largest absolute Gasteiger partial charge is 0.350 e. The first-order chi connectivity index (χ1) is 7.54. The van der Waals surface area contributed by atoms with Crippen molar-refractivity contribution in [3.63, 3.8) is 0 Å². The highest BCUT2D eigenvalue weighted by atomic mass is 19.1. The zero-order valence-corrected chi connectivity index (χ0v) is 8.97. The van der Waals surface area contributed by atoms with E-state index in [0.717, 1.165) is 12.1 Å². The molecule has 0 radical (unpaired) electrons. The van der Waals surface area contributed by atoms with Crippen LogP contribution in [0, 0.1) is 11.6 Å². The highest BCUT2D eigenvalue weighted by Gasteiger charge is 2.12. The van der Waals surface area contributed by atoms with Crippen LogP contribution in [-0.2, 0) is 0 Å². The first-order valence-corrected chi connectivity index (χ1v) is 5.03. The molecule has 0 fully saturated rings. The van der Waals surface area contributed by atoms with Gasteiger partial charge in [0.15, 0.2) is 0 Å². The molecule has 0 aliphatic heterocycles. The van der Waals surface area contributed by atoms with Crippen LogP contribution in [0.15, 0.2) is 18.2 Å². The van der Waals surface area contributed by atoms with E-state index < -0.39 is 17.5 Å². The van der Waals surface area contributed by atoms with Gasteiger partial charge in [0.1, 0.15) is 11.6 Å². The van der Waals surface area contributed by atoms with Crippen molar-refractivity contribution in [3.05, 3.63) is 35.4 Å². The molecule has 0 saturated carbocycles. The number of rotatable bonds is 4. The molecule has 1 aromatic carbocycles. The van der Waals surface area contributed by atoms with Gasteiger partial charge in [-0.25, -0.2) is 8.78 Å². The van der Waals surface area contributed by atoms with Gasteiger partial charge >= 0.3 is 0 Å². The molecule has 0 saturated heterocycles. The van der Waals surface area contributed by atoms with Crippen LogP contribution in [0.4, 0.5) is 8.78 Å². The molecule has 0 heterocycles. The fourth-order valence-electron chi connectivity index (χ4n) is 1.14. The Morgan fingerprint density at radius 2 is 2.19 bits per heavy atom. The van der Waals surface area contributed by atoms with Crippen LogP contribution in [0.2, 0.25) is 0 Å². The van der Waals surface area contributed by atoms with Gasteiger partial charge in [-0.15, -0.1) is 0 Å². The molecule has 3 N–H and O–H groups in total. The lowest BCUT2D eigenvalue weighted by atomic mass is 10.2. The minimum Gasteiger partial charge on any atom is -0.350 e. The summed E-state index contributed by atoms with van der Waals surface area (Å²) in [5.74, 6) is -2.16. The summed E-state index contributed by atoms with van der Waals surface area (Å²) in [6, 6.07) is 2.66. The number of nitrogens with two attached hydrogens (primary N) is 1. The Kier molecular flexibility index (Phi) is 4.37. The van der Waals surface area contributed by atoms with Crippen molar-refractivity contribution < 1.29 is 13.6 Å². The Labute approximate surface area is 92.6 Å². The molecule has 5 heteroatoms. The number of halogens is 2. The molecule has 1 aromatic rings. The quantitative estimate of drug-likeness (QED) is 0.819. The Bertz CT molecular complexity index is 382. The summed E-state index contributed by atoms with van der Waals surface area (Å²) in [4.78, 5) is 11.5. The first kappa shape index (κ1) is 12.6. The summed E-state index contributed by atoms with van der Waals surface area (Å²) < 4.78 is 25.8. The normalized spacial score (nSPS) is 12.2. The SMILES string of the molecule is CCC(N)CNC(=O)c1ccc(F)cc1F. The van der Waals surface area contributed by atoms with Crippen LogP contribution in [0.5, 0.6) is 0 Å². The average Bonchev–Trinajstić information content (AvgIpc) is 2.25. The van der Waals surface area contributed by atoms with Crippen LogP contribution >= 0.6 is 0 Å². The third kappa shape index (κ3) is 3.27. The zero-order chi connectivity index (χ0) is 12.1. The maximum Gasteiger partial charge on any atom is 0.254 e. The molecular weight excluding hydrogens is 214 g/mol. The first-order valence-electron chi connectivity index (χ1n) is 5.03. The summed E-state index contributed by atoms with van der Waals surface area (Å²) >= 11 is 0. The lowest BCUT2D eigenvalue weighted by Gasteiger charge is -2.10. The van der Waals surface area contributed by atoms with Crippen molar-refractivity contribution in [2.75, 3.05) is 6.54 Å². The molecule has 1 rings (SSSR count). The topological polar surface area (TPSA) is 55.1 Å². The van der Waals surface area contributed by atoms with Crippen molar-refractivity contribution >= 4 is 5.91 Å². The molecular formula is C11H14F2N2O. The van der Waals surface area contributed by atoms with Gasteiger partial charge in [0.2, 0.25) is 0 Å². The molecule has 16 heavy (non-hydrogen) atoms. The lowest BCUT2D eigenvalue weighted by Crippen LogP contribution is -2.37. The summed E-state index contributed by atoms with van der Waals surface area (Å²) in [5.41, 5.74) is 5.42. The van der Waals surface area contributed by atoms with E-state index in [1.807, 2.05) is 6.92 Å². The second kappa shape index (κ2) is 5.55. The highest BCUT2D eigenvalue weighted by molar-refractivity contribution is 5.94. The van der Waals surface area contributed by atoms with Gasteiger partial charge in [-0.2, -0.15) is 0 Å². The Hall–Kier alpha value is -1.49. The minimum atomic E-state index is -0.873. The van der Waals surface area contributed by atoms with E-state index in [9.17, 15) is 13.6 Å². The van der Waals surface area contributed by atoms with E-state index in [1.54, 1.807) is 0 Å². The Balaban J connectivity index is 2.66. The van der Waals surface area contributed by atoms with Gasteiger partial charge in [0.05, 0.1) is 5.56 Å². The maximum absolute atomic E-state index is 13.2. The zero-order valence-electron chi connectivity index (χ0n) is 8.97. The fraction of sp³-hybridized carbons (Fsp3) is 0.364. The molecule has 0 aliphatic rings. The van der Waals surface area contributed by atoms with Gasteiger partial charge in [0, 0.05) is 18.7 Å². The molecule has 0 spiro atoms. The number of hydrogen-bond acceptors (Lipinski definition) is 2. The van der Waals surface area contributed by atoms with Crippen molar-refractivity contribution in [2.45, 2.75) is 19.4 Å². The van der Waals surface area contributed by atoms with Crippen molar-refractivity contribution in [1.29, 1.82) is 0 Å². The number of carbonyl (C=O) groups is 1. The number of hydrogen-bond donors (Lipinski definition) is 2. The maximum atomic E-state index is 13.2. The third-order valence-electron chi connectivity index (χ3n) is 2.22. The van der Waals surface area contributed by atoms with Crippen LogP contribution in [0.1, 0.15) is 23.7 Å². The van der Waals surface area contributed by atoms with Gasteiger partial charge in [-0.3, -0.25) is 4.79 Å². The number of carbonyl (C=O) groups excluding carboxylic acids is 1. The second-order valence-electron chi connectivity index (χ2n) is 3.50. The molecule has 1 unspecified atom stereocenters. The van der Waals surface area contributed by atoms with E-state index >= 15 is 0 Å². The van der Waals surface area contributed by atoms with E-state index in [-0.39, 0.29) is 18.2 Å². The van der Waals surface area contributed by atoms with Gasteiger partial charge in [-0.1, -0.05) is 6.92 Å². The van der Waals surface area contributed by atoms with Crippen LogP contribution in [0.3, 0.4) is 0 Å². The highest BCUT2D eigenvalue weighted by Crippen LogP contribution is 2.09. The molecule has 3 nitrogen and oxygen atoms in total. The molecule has 0 aliphatic carbocycles. The minimum absolute atomic E-state index is 0.160. The lowest BCUT2D eigenvalue weighted by molar-refractivity contribution is 0.0947. The number of amides is 1. The van der Waals surface area contributed by atoms with Crippen LogP contribution < -0.4 is 11.1 Å². The predicted octanol–water partition coefficient (Wildman–Crippen LogP) is 1.43. The fourth-order valence-corrected chi connectivity index (χ4v) is 1.14. The summed E-state index contributed by atoms with van der Waals surface area (Å²) in [7, 11) is 0. The van der Waals surface area contributed by atoms with Crippen LogP contribution in [0.25, 0.3) is 0 Å². The molecule has 88 valence electrons. The molecule has 1 atom stereocenters. The summed E-state index contributed by atoms with van der Waals surface area (Å²) in [5, 5.41) is 2.48. The number of nitrogens with one attached hydrogen (secondary N) is 1. The average molecular weight is 228 g/mol. The Morgan fingerprint density at radius 1 is 1.50 bits per heavy atom. The van der Waals surface area contributed by atoms with E-state index in [4.69, 9.17) is 5.73 Å². The second-order valence-corrected chi connectivity index (χ2v) is 3.50. The van der Waals surface area contributed by atoms with E-state index in [0.29, 0.717) is 12.5 Å². The van der Waals surface area contributed by atoms with Crippen molar-refractivity contribution in [3.8, 4) is 0 Å². The van der Waals surface area contributed by atoms with Crippen LogP contribution in [-0.4, -0.2) is 18.5 Å². The monoisotopic (exact) mass is 228 g/mol. The summed E-state index contributed by atoms with van der Waals surface area (Å²) in [6.45, 7) is 2.15. The van der Waals surface area contributed by atoms with E-state index in [1.165, 1.54) is 0 Å².